The minimum Gasteiger partial charge on any atom is -0.545 e. The fourth-order valence-electron chi connectivity index (χ4n) is 7.41. The molecule has 0 fully saturated rings. The summed E-state index contributed by atoms with van der Waals surface area (Å²) in [6.07, 6.45) is 13.3. The lowest BCUT2D eigenvalue weighted by Gasteiger charge is -2.38. The third-order valence-corrected chi connectivity index (χ3v) is 14.1. The van der Waals surface area contributed by atoms with Crippen molar-refractivity contribution in [1.82, 2.24) is 15.3 Å². The maximum Gasteiger partial charge on any atom is 0.251 e. The highest BCUT2D eigenvalue weighted by atomic mass is 28.3. The number of benzene rings is 4. The summed E-state index contributed by atoms with van der Waals surface area (Å²) in [4.78, 5) is 50.3. The zero-order chi connectivity index (χ0) is 41.3. The molecule has 0 unspecified atom stereocenters. The number of hydrogen-bond acceptors (Lipinski definition) is 8. The van der Waals surface area contributed by atoms with Crippen molar-refractivity contribution < 1.29 is 24.1 Å². The van der Waals surface area contributed by atoms with Crippen molar-refractivity contribution in [2.75, 3.05) is 50.3 Å². The summed E-state index contributed by atoms with van der Waals surface area (Å²) < 4.78 is 2.06. The van der Waals surface area contributed by atoms with Gasteiger partial charge in [0.25, 0.3) is 5.91 Å². The van der Waals surface area contributed by atoms with Gasteiger partial charge in [0.1, 0.15) is 34.3 Å². The van der Waals surface area contributed by atoms with Crippen LogP contribution in [0.25, 0.3) is 16.5 Å². The maximum absolute atomic E-state index is 13.7. The van der Waals surface area contributed by atoms with E-state index in [0.717, 1.165) is 39.4 Å². The standard InChI is InChI=1S/C46H43N7O4Si/c1-8-28-10-9-11-30(22-28)51-44-38-24-31(13-19-39(38)48-27-49-44)50-42(54)20-21-47-45(55)29-12-16-34(46(56)57)37(23-29)43-35-17-14-32(52(2)3)25-40(35)58(6,7)41-26-33(53(4)5)15-18-36(41)43/h1,9-19,22-27H,20-21H2,2-7H3,(H3-,47,48,49,50,51,54,55,56,57). The summed E-state index contributed by atoms with van der Waals surface area (Å²) >= 11 is 0. The number of carboxylic acids is 1. The van der Waals surface area contributed by atoms with E-state index in [2.05, 4.69) is 78.7 Å². The zero-order valence-electron chi connectivity index (χ0n) is 33.2. The first-order valence-corrected chi connectivity index (χ1v) is 21.8. The Kier molecular flexibility index (Phi) is 10.7. The molecule has 0 saturated carbocycles. The average Bonchev–Trinajstić information content (AvgIpc) is 3.20. The van der Waals surface area contributed by atoms with E-state index in [9.17, 15) is 19.5 Å². The van der Waals surface area contributed by atoms with Crippen molar-refractivity contribution in [2.45, 2.75) is 19.5 Å². The second-order valence-electron chi connectivity index (χ2n) is 15.2. The number of allylic oxidation sites excluding steroid dienone is 5. The number of amides is 2. The molecule has 2 aliphatic rings. The van der Waals surface area contributed by atoms with Gasteiger partial charge in [-0.15, -0.1) is 6.42 Å². The lowest BCUT2D eigenvalue weighted by Crippen LogP contribution is -2.50. The van der Waals surface area contributed by atoms with Crippen LogP contribution in [0.2, 0.25) is 13.1 Å². The number of anilines is 4. The van der Waals surface area contributed by atoms with Crippen LogP contribution in [-0.4, -0.2) is 80.8 Å². The van der Waals surface area contributed by atoms with Gasteiger partial charge in [0.15, 0.2) is 5.71 Å². The van der Waals surface area contributed by atoms with Gasteiger partial charge in [-0.2, -0.15) is 0 Å². The van der Waals surface area contributed by atoms with Crippen molar-refractivity contribution in [3.05, 3.63) is 142 Å². The Labute approximate surface area is 338 Å². The zero-order valence-corrected chi connectivity index (χ0v) is 34.2. The van der Waals surface area contributed by atoms with E-state index < -0.39 is 20.0 Å². The second kappa shape index (κ2) is 15.8. The van der Waals surface area contributed by atoms with Gasteiger partial charge in [-0.1, -0.05) is 37.2 Å². The second-order valence-corrected chi connectivity index (χ2v) is 19.5. The van der Waals surface area contributed by atoms with E-state index in [1.165, 1.54) is 28.8 Å². The Balaban J connectivity index is 1.13. The van der Waals surface area contributed by atoms with Crippen LogP contribution in [0, 0.1) is 12.3 Å². The van der Waals surface area contributed by atoms with Crippen molar-refractivity contribution in [1.29, 1.82) is 0 Å². The van der Waals surface area contributed by atoms with Gasteiger partial charge in [-0.3, -0.25) is 9.59 Å². The lowest BCUT2D eigenvalue weighted by molar-refractivity contribution is -0.462. The number of nitrogens with zero attached hydrogens (tertiary/aromatic N) is 4. The van der Waals surface area contributed by atoms with Gasteiger partial charge in [0.05, 0.1) is 11.5 Å². The molecule has 1 aliphatic carbocycles. The minimum absolute atomic E-state index is 0.0106. The highest BCUT2D eigenvalue weighted by Crippen LogP contribution is 2.43. The van der Waals surface area contributed by atoms with Crippen molar-refractivity contribution in [3.63, 3.8) is 0 Å². The van der Waals surface area contributed by atoms with Crippen LogP contribution < -0.4 is 31.1 Å². The van der Waals surface area contributed by atoms with Crippen LogP contribution in [0.15, 0.2) is 114 Å². The monoisotopic (exact) mass is 785 g/mol. The predicted octanol–water partition coefficient (Wildman–Crippen LogP) is 5.02. The van der Waals surface area contributed by atoms with Crippen LogP contribution in [0.3, 0.4) is 0 Å². The number of fused-ring (bicyclic) bond motifs is 3. The predicted molar refractivity (Wildman–Crippen MR) is 232 cm³/mol. The van der Waals surface area contributed by atoms with Gasteiger partial charge in [0.2, 0.25) is 5.91 Å². The number of aromatic nitrogens is 2. The highest BCUT2D eigenvalue weighted by molar-refractivity contribution is 6.98. The normalized spacial score (nSPS) is 13.8. The number of carboxylic acid groups (broad SMARTS) is 1. The first-order chi connectivity index (χ1) is 27.7. The molecular weight excluding hydrogens is 743 g/mol. The Hall–Kier alpha value is -7.10. The number of rotatable bonds is 10. The molecule has 0 saturated heterocycles. The number of carbonyl (C=O) groups is 3. The molecule has 0 bridgehead atoms. The van der Waals surface area contributed by atoms with Crippen LogP contribution in [0.1, 0.15) is 43.8 Å². The molecular formula is C46H43N7O4Si. The quantitative estimate of drug-likeness (QED) is 0.102. The van der Waals surface area contributed by atoms with Crippen LogP contribution in [0.4, 0.5) is 22.9 Å². The number of terminal acetylenes is 1. The average molecular weight is 786 g/mol. The van der Waals surface area contributed by atoms with Crippen molar-refractivity contribution in [2.24, 2.45) is 0 Å². The summed E-state index contributed by atoms with van der Waals surface area (Å²) in [6, 6.07) is 23.5. The molecule has 58 heavy (non-hydrogen) atoms. The Morgan fingerprint density at radius 2 is 1.72 bits per heavy atom. The Morgan fingerprint density at radius 1 is 0.914 bits per heavy atom. The molecule has 2 amide bonds. The number of aromatic carboxylic acids is 1. The molecule has 5 aromatic rings. The molecule has 3 N–H and O–H groups in total. The SMILES string of the molecule is C#Cc1cccc(Nc2ncnc3ccc(NC(=O)CCNC(=O)c4ccc(C(=O)[O-])c(C5=C6C=CC(=[N+](C)C)C=C6[Si](C)(C)c6cc(N(C)C)ccc65)c4)cc23)c1. The fourth-order valence-corrected chi connectivity index (χ4v) is 10.5. The Bertz CT molecular complexity index is 2720. The van der Waals surface area contributed by atoms with E-state index in [4.69, 9.17) is 6.42 Å². The van der Waals surface area contributed by atoms with E-state index in [1.54, 1.807) is 24.3 Å². The highest BCUT2D eigenvalue weighted by Gasteiger charge is 2.41. The molecule has 1 aromatic heterocycles. The molecule has 0 atom stereocenters. The molecule has 1 aliphatic heterocycles. The van der Waals surface area contributed by atoms with Gasteiger partial charge in [0, 0.05) is 78.4 Å². The molecule has 0 spiro atoms. The first kappa shape index (κ1) is 39.1. The lowest BCUT2D eigenvalue weighted by atomic mass is 9.86. The molecule has 2 heterocycles. The van der Waals surface area contributed by atoms with E-state index >= 15 is 0 Å². The van der Waals surface area contributed by atoms with Crippen molar-refractivity contribution >= 4 is 76.1 Å². The number of nitrogens with one attached hydrogen (secondary N) is 3. The summed E-state index contributed by atoms with van der Waals surface area (Å²) in [5, 5.41) is 24.7. The fraction of sp³-hybridized carbons (Fsp3) is 0.174. The van der Waals surface area contributed by atoms with E-state index in [-0.39, 0.29) is 30.0 Å². The summed E-state index contributed by atoms with van der Waals surface area (Å²) in [5.74, 6) is 1.08. The third-order valence-electron chi connectivity index (χ3n) is 10.5. The maximum atomic E-state index is 13.7. The van der Waals surface area contributed by atoms with Gasteiger partial charge < -0.3 is 30.8 Å². The summed E-state index contributed by atoms with van der Waals surface area (Å²) in [6.45, 7) is 4.66. The molecule has 0 radical (unpaired) electrons. The first-order valence-electron chi connectivity index (χ1n) is 18.8. The van der Waals surface area contributed by atoms with Crippen LogP contribution in [-0.2, 0) is 4.79 Å². The number of carbonyl (C=O) groups excluding carboxylic acids is 3. The molecule has 12 heteroatoms. The van der Waals surface area contributed by atoms with Crippen LogP contribution in [0.5, 0.6) is 0 Å². The van der Waals surface area contributed by atoms with Gasteiger partial charge in [-0.25, -0.2) is 14.5 Å². The van der Waals surface area contributed by atoms with Crippen LogP contribution >= 0.6 is 0 Å². The topological polar surface area (TPSA) is 142 Å². The van der Waals surface area contributed by atoms with Gasteiger partial charge in [-0.05, 0) is 99.4 Å². The summed E-state index contributed by atoms with van der Waals surface area (Å²) in [7, 11) is 5.69. The van der Waals surface area contributed by atoms with E-state index in [0.29, 0.717) is 28.0 Å². The molecule has 11 nitrogen and oxygen atoms in total. The smallest absolute Gasteiger partial charge is 0.251 e. The minimum atomic E-state index is -2.30. The van der Waals surface area contributed by atoms with Crippen molar-refractivity contribution in [3.8, 4) is 12.3 Å². The molecule has 7 rings (SSSR count). The molecule has 290 valence electrons. The molecule has 4 aromatic carbocycles. The largest absolute Gasteiger partial charge is 0.545 e. The van der Waals surface area contributed by atoms with Gasteiger partial charge >= 0.3 is 0 Å². The Morgan fingerprint density at radius 3 is 2.47 bits per heavy atom. The number of hydrogen-bond donors (Lipinski definition) is 3. The van der Waals surface area contributed by atoms with E-state index in [1.807, 2.05) is 64.6 Å². The third kappa shape index (κ3) is 7.67. The summed E-state index contributed by atoms with van der Waals surface area (Å²) in [5.41, 5.74) is 8.03.